The molecule has 28 heavy (non-hydrogen) atoms. The molecular weight excluding hydrogens is 362 g/mol. The Labute approximate surface area is 157 Å². The minimum Gasteiger partial charge on any atom is -0.268 e. The molecule has 0 saturated heterocycles. The van der Waals surface area contributed by atoms with E-state index in [1.165, 1.54) is 42.7 Å². The predicted molar refractivity (Wildman–Crippen MR) is 95.0 cm³/mol. The van der Waals surface area contributed by atoms with Gasteiger partial charge in [0.25, 0.3) is 23.6 Å². The van der Waals surface area contributed by atoms with Crippen molar-refractivity contribution in [2.75, 3.05) is 9.80 Å². The summed E-state index contributed by atoms with van der Waals surface area (Å²) < 4.78 is 0. The van der Waals surface area contributed by atoms with Crippen molar-refractivity contribution in [2.45, 2.75) is 0 Å². The van der Waals surface area contributed by atoms with Crippen LogP contribution in [0.3, 0.4) is 0 Å². The van der Waals surface area contributed by atoms with Crippen molar-refractivity contribution in [1.29, 1.82) is 0 Å². The number of nitrogens with zero attached hydrogens (tertiary/aromatic N) is 5. The minimum atomic E-state index is -0.616. The van der Waals surface area contributed by atoms with Gasteiger partial charge in [0.1, 0.15) is 23.0 Å². The summed E-state index contributed by atoms with van der Waals surface area (Å²) in [6.07, 6.45) is 2.84. The van der Waals surface area contributed by atoms with Gasteiger partial charge in [-0.25, -0.2) is 14.8 Å². The van der Waals surface area contributed by atoms with E-state index in [1.807, 2.05) is 0 Å². The van der Waals surface area contributed by atoms with Crippen molar-refractivity contribution in [3.63, 3.8) is 0 Å². The van der Waals surface area contributed by atoms with Gasteiger partial charge in [0, 0.05) is 12.4 Å². The lowest BCUT2D eigenvalue weighted by Gasteiger charge is -2.17. The molecule has 9 nitrogen and oxygen atoms in total. The second-order valence-corrected chi connectivity index (χ2v) is 6.04. The van der Waals surface area contributed by atoms with Crippen molar-refractivity contribution in [1.82, 2.24) is 15.0 Å². The van der Waals surface area contributed by atoms with E-state index in [0.29, 0.717) is 0 Å². The van der Waals surface area contributed by atoms with Crippen LogP contribution in [0.2, 0.25) is 0 Å². The fourth-order valence-corrected chi connectivity index (χ4v) is 3.21. The first-order valence-corrected chi connectivity index (χ1v) is 8.22. The van der Waals surface area contributed by atoms with Crippen LogP contribution >= 0.6 is 0 Å². The minimum absolute atomic E-state index is 0.00462. The molecule has 5 rings (SSSR count). The average molecular weight is 371 g/mol. The van der Waals surface area contributed by atoms with Crippen LogP contribution < -0.4 is 9.80 Å². The molecule has 0 radical (unpaired) electrons. The lowest BCUT2D eigenvalue weighted by atomic mass is 10.2. The Hall–Kier alpha value is -4.27. The molecule has 3 aromatic heterocycles. The van der Waals surface area contributed by atoms with Gasteiger partial charge >= 0.3 is 0 Å². The van der Waals surface area contributed by atoms with E-state index in [4.69, 9.17) is 0 Å². The molecule has 5 heterocycles. The van der Waals surface area contributed by atoms with Crippen LogP contribution in [0.15, 0.2) is 54.9 Å². The Morgan fingerprint density at radius 2 is 1.04 bits per heavy atom. The van der Waals surface area contributed by atoms with Gasteiger partial charge in [-0.3, -0.25) is 29.1 Å². The third-order valence-corrected chi connectivity index (χ3v) is 4.47. The van der Waals surface area contributed by atoms with Gasteiger partial charge in [-0.1, -0.05) is 6.07 Å². The highest BCUT2D eigenvalue weighted by atomic mass is 16.2. The molecule has 0 unspecified atom stereocenters. The lowest BCUT2D eigenvalue weighted by molar-refractivity contribution is 0.0911. The molecular formula is C19H9N5O4. The van der Waals surface area contributed by atoms with Gasteiger partial charge in [0.05, 0.1) is 11.1 Å². The molecule has 4 amide bonds. The zero-order chi connectivity index (χ0) is 19.4. The predicted octanol–water partition coefficient (Wildman–Crippen LogP) is 1.47. The molecule has 0 aromatic carbocycles. The van der Waals surface area contributed by atoms with E-state index in [9.17, 15) is 19.2 Å². The summed E-state index contributed by atoms with van der Waals surface area (Å²) in [7, 11) is 0. The maximum absolute atomic E-state index is 12.6. The van der Waals surface area contributed by atoms with Crippen LogP contribution in [0.5, 0.6) is 0 Å². The van der Waals surface area contributed by atoms with Crippen LogP contribution in [-0.4, -0.2) is 38.6 Å². The molecule has 0 N–H and O–H groups in total. The summed E-state index contributed by atoms with van der Waals surface area (Å²) in [5.74, 6) is -2.38. The van der Waals surface area contributed by atoms with E-state index in [0.717, 1.165) is 9.80 Å². The zero-order valence-corrected chi connectivity index (χ0v) is 14.1. The van der Waals surface area contributed by atoms with Gasteiger partial charge in [-0.15, -0.1) is 0 Å². The number of carbonyl (C=O) groups excluding carboxylic acids is 4. The SMILES string of the molecule is O=C1c2cccnc2C(=O)N1c1cccc(N2C(=O)c3cccnc3C2=O)n1. The summed E-state index contributed by atoms with van der Waals surface area (Å²) in [5, 5.41) is 0. The van der Waals surface area contributed by atoms with E-state index in [2.05, 4.69) is 15.0 Å². The van der Waals surface area contributed by atoms with E-state index in [-0.39, 0.29) is 34.2 Å². The van der Waals surface area contributed by atoms with E-state index < -0.39 is 23.6 Å². The summed E-state index contributed by atoms with van der Waals surface area (Å²) in [5.41, 5.74) is 0.406. The highest BCUT2D eigenvalue weighted by Gasteiger charge is 2.41. The van der Waals surface area contributed by atoms with Crippen molar-refractivity contribution < 1.29 is 19.2 Å². The van der Waals surface area contributed by atoms with Crippen LogP contribution in [-0.2, 0) is 0 Å². The highest BCUT2D eigenvalue weighted by molar-refractivity contribution is 6.34. The van der Waals surface area contributed by atoms with Crippen LogP contribution in [0.25, 0.3) is 0 Å². The Kier molecular flexibility index (Phi) is 3.20. The lowest BCUT2D eigenvalue weighted by Crippen LogP contribution is -2.33. The summed E-state index contributed by atoms with van der Waals surface area (Å²) in [4.78, 5) is 64.3. The number of rotatable bonds is 2. The maximum atomic E-state index is 12.6. The topological polar surface area (TPSA) is 113 Å². The molecule has 3 aromatic rings. The molecule has 9 heteroatoms. The molecule has 0 bridgehead atoms. The molecule has 2 aliphatic rings. The Balaban J connectivity index is 1.56. The number of imide groups is 2. The van der Waals surface area contributed by atoms with Crippen molar-refractivity contribution in [3.8, 4) is 0 Å². The van der Waals surface area contributed by atoms with Crippen molar-refractivity contribution in [3.05, 3.63) is 77.4 Å². The third-order valence-electron chi connectivity index (χ3n) is 4.47. The van der Waals surface area contributed by atoms with Gasteiger partial charge < -0.3 is 0 Å². The molecule has 134 valence electrons. The first kappa shape index (κ1) is 15.9. The number of hydrogen-bond donors (Lipinski definition) is 0. The van der Waals surface area contributed by atoms with Gasteiger partial charge in [-0.2, -0.15) is 0 Å². The smallest absolute Gasteiger partial charge is 0.268 e. The third kappa shape index (κ3) is 2.04. The van der Waals surface area contributed by atoms with Crippen LogP contribution in [0.4, 0.5) is 11.6 Å². The average Bonchev–Trinajstić information content (AvgIpc) is 3.13. The summed E-state index contributed by atoms with van der Waals surface area (Å²) in [6, 6.07) is 10.5. The number of anilines is 2. The zero-order valence-electron chi connectivity index (χ0n) is 14.1. The Morgan fingerprint density at radius 1 is 0.571 bits per heavy atom. The number of aromatic nitrogens is 3. The number of hydrogen-bond acceptors (Lipinski definition) is 7. The summed E-state index contributed by atoms with van der Waals surface area (Å²) in [6.45, 7) is 0. The van der Waals surface area contributed by atoms with Gasteiger partial charge in [0.2, 0.25) is 0 Å². The number of pyridine rings is 3. The molecule has 0 aliphatic carbocycles. The Morgan fingerprint density at radius 3 is 1.46 bits per heavy atom. The number of carbonyl (C=O) groups is 4. The Bertz CT molecular complexity index is 1060. The van der Waals surface area contributed by atoms with E-state index >= 15 is 0 Å². The first-order valence-electron chi connectivity index (χ1n) is 8.22. The fraction of sp³-hybridized carbons (Fsp3) is 0. The first-order chi connectivity index (χ1) is 13.6. The summed E-state index contributed by atoms with van der Waals surface area (Å²) >= 11 is 0. The normalized spacial score (nSPS) is 15.3. The number of fused-ring (bicyclic) bond motifs is 2. The highest BCUT2D eigenvalue weighted by Crippen LogP contribution is 2.30. The molecule has 0 atom stereocenters. The molecule has 0 spiro atoms. The quantitative estimate of drug-likeness (QED) is 0.627. The van der Waals surface area contributed by atoms with Crippen LogP contribution in [0.1, 0.15) is 41.7 Å². The van der Waals surface area contributed by atoms with Gasteiger partial charge in [0.15, 0.2) is 0 Å². The fourth-order valence-electron chi connectivity index (χ4n) is 3.21. The molecule has 0 fully saturated rings. The van der Waals surface area contributed by atoms with Gasteiger partial charge in [-0.05, 0) is 36.4 Å². The second-order valence-electron chi connectivity index (χ2n) is 6.04. The van der Waals surface area contributed by atoms with Crippen molar-refractivity contribution >= 4 is 35.3 Å². The monoisotopic (exact) mass is 371 g/mol. The molecule has 0 saturated carbocycles. The standard InChI is InChI=1S/C19H9N5O4/c25-16-10-4-2-8-20-14(10)18(27)23(16)12-6-1-7-13(22-12)24-17(26)11-5-3-9-21-15(11)19(24)28/h1-9H. The second kappa shape index (κ2) is 5.61. The number of amides is 4. The van der Waals surface area contributed by atoms with Crippen molar-refractivity contribution in [2.24, 2.45) is 0 Å². The van der Waals surface area contributed by atoms with Crippen LogP contribution in [0, 0.1) is 0 Å². The van der Waals surface area contributed by atoms with E-state index in [1.54, 1.807) is 12.1 Å². The molecule has 2 aliphatic heterocycles. The maximum Gasteiger partial charge on any atom is 0.285 e. The largest absolute Gasteiger partial charge is 0.285 e.